The van der Waals surface area contributed by atoms with Gasteiger partial charge in [-0.25, -0.2) is 10.7 Å². The van der Waals surface area contributed by atoms with E-state index in [1.165, 1.54) is 6.92 Å². The number of carboxylic acids is 1. The summed E-state index contributed by atoms with van der Waals surface area (Å²) in [5.41, 5.74) is 5.77. The van der Waals surface area contributed by atoms with Gasteiger partial charge in [0.05, 0.1) is 0 Å². The van der Waals surface area contributed by atoms with Gasteiger partial charge in [-0.05, 0) is 68.8 Å². The molecule has 0 bridgehead atoms. The molecule has 1 heterocycles. The van der Waals surface area contributed by atoms with Crippen molar-refractivity contribution < 1.29 is 19.5 Å². The third-order valence-corrected chi connectivity index (χ3v) is 5.50. The summed E-state index contributed by atoms with van der Waals surface area (Å²) in [5.74, 6) is 5.59. The van der Waals surface area contributed by atoms with E-state index in [0.29, 0.717) is 42.9 Å². The number of carbonyl (C=O) groups is 1. The number of nitrogens with one attached hydrogen (secondary N) is 2. The molecule has 2 aliphatic rings. The molecule has 0 saturated heterocycles. The fraction of sp³-hybridized carbons (Fsp3) is 0.556. The van der Waals surface area contributed by atoms with Gasteiger partial charge in [-0.15, -0.1) is 0 Å². The summed E-state index contributed by atoms with van der Waals surface area (Å²) in [4.78, 5) is 16.2. The average molecular weight is 362 g/mol. The molecule has 1 fully saturated rings. The number of rotatable bonds is 6. The molecule has 1 saturated carbocycles. The monoisotopic (exact) mass is 362 g/mol. The van der Waals surface area contributed by atoms with Gasteiger partial charge < -0.3 is 20.9 Å². The zero-order chi connectivity index (χ0) is 18.9. The smallest absolute Gasteiger partial charge is 0.341 e. The van der Waals surface area contributed by atoms with Crippen molar-refractivity contribution in [1.29, 1.82) is 5.41 Å². The highest BCUT2D eigenvalue weighted by Gasteiger charge is 2.46. The number of carboxylic acid groups (broad SMARTS) is 1. The molecule has 8 heteroatoms. The van der Waals surface area contributed by atoms with E-state index in [4.69, 9.17) is 26.6 Å². The molecule has 3 rings (SSSR count). The van der Waals surface area contributed by atoms with Crippen LogP contribution in [0.15, 0.2) is 18.2 Å². The number of fused-ring (bicyclic) bond motifs is 1. The summed E-state index contributed by atoms with van der Waals surface area (Å²) in [6, 6.07) is 5.80. The number of amidine groups is 1. The van der Waals surface area contributed by atoms with Gasteiger partial charge in [0.15, 0.2) is 0 Å². The molecule has 0 aromatic heterocycles. The molecule has 1 aromatic rings. The standard InChI is InChI=1S/C18H26N4O4/c1-18(26-21,17(23)24)15-5-3-11-8-12(2-4-14(11)25-15)16(20)22-13-6-10(7-13)9-19/h2,4,8,10,13,15H,3,5-7,9,19,21H2,1H3,(H2,20,22)(H,23,24)/t10-,13+,15-,18+/m1/s1. The van der Waals surface area contributed by atoms with Crippen LogP contribution in [0.3, 0.4) is 0 Å². The summed E-state index contributed by atoms with van der Waals surface area (Å²) in [5, 5.41) is 20.9. The average Bonchev–Trinajstić information content (AvgIpc) is 2.62. The summed E-state index contributed by atoms with van der Waals surface area (Å²) >= 11 is 0. The molecule has 1 aromatic carbocycles. The zero-order valence-corrected chi connectivity index (χ0v) is 14.8. The Bertz CT molecular complexity index is 704. The molecule has 1 aliphatic carbocycles. The second-order valence-corrected chi connectivity index (χ2v) is 7.29. The van der Waals surface area contributed by atoms with Gasteiger partial charge in [0.25, 0.3) is 0 Å². The van der Waals surface area contributed by atoms with Crippen molar-refractivity contribution in [3.63, 3.8) is 0 Å². The van der Waals surface area contributed by atoms with Gasteiger partial charge >= 0.3 is 5.97 Å². The van der Waals surface area contributed by atoms with Crippen LogP contribution in [0.1, 0.15) is 37.3 Å². The van der Waals surface area contributed by atoms with Crippen molar-refractivity contribution in [2.75, 3.05) is 6.54 Å². The lowest BCUT2D eigenvalue weighted by Gasteiger charge is -2.36. The van der Waals surface area contributed by atoms with Gasteiger partial charge in [0, 0.05) is 11.6 Å². The van der Waals surface area contributed by atoms with Crippen LogP contribution in [-0.2, 0) is 16.1 Å². The maximum absolute atomic E-state index is 11.5. The van der Waals surface area contributed by atoms with Crippen molar-refractivity contribution in [3.8, 4) is 5.75 Å². The zero-order valence-electron chi connectivity index (χ0n) is 14.8. The highest BCUT2D eigenvalue weighted by atomic mass is 16.7. The van der Waals surface area contributed by atoms with Crippen LogP contribution in [0.4, 0.5) is 0 Å². The Morgan fingerprint density at radius 2 is 2.23 bits per heavy atom. The number of benzene rings is 1. The Hall–Kier alpha value is -2.16. The van der Waals surface area contributed by atoms with E-state index >= 15 is 0 Å². The molecule has 8 nitrogen and oxygen atoms in total. The van der Waals surface area contributed by atoms with E-state index in [-0.39, 0.29) is 0 Å². The van der Waals surface area contributed by atoms with Gasteiger partial charge in [-0.3, -0.25) is 10.2 Å². The Labute approximate surface area is 152 Å². The minimum Gasteiger partial charge on any atom is -0.486 e. The Morgan fingerprint density at radius 3 is 2.85 bits per heavy atom. The highest BCUT2D eigenvalue weighted by Crippen LogP contribution is 2.34. The molecule has 0 unspecified atom stereocenters. The number of nitrogens with two attached hydrogens (primary N) is 2. The van der Waals surface area contributed by atoms with E-state index < -0.39 is 17.7 Å². The molecule has 26 heavy (non-hydrogen) atoms. The van der Waals surface area contributed by atoms with Crippen LogP contribution < -0.4 is 21.7 Å². The second kappa shape index (κ2) is 7.22. The molecule has 0 spiro atoms. The third kappa shape index (κ3) is 3.40. The molecular weight excluding hydrogens is 336 g/mol. The molecule has 2 atom stereocenters. The summed E-state index contributed by atoms with van der Waals surface area (Å²) in [6.45, 7) is 2.11. The summed E-state index contributed by atoms with van der Waals surface area (Å²) < 4.78 is 5.84. The van der Waals surface area contributed by atoms with Crippen molar-refractivity contribution in [2.24, 2.45) is 17.5 Å². The first-order valence-electron chi connectivity index (χ1n) is 8.83. The number of hydrogen-bond acceptors (Lipinski definition) is 6. The quantitative estimate of drug-likeness (QED) is 0.285. The SMILES string of the molecule is C[C@@](ON)(C(=O)O)[C@H]1CCc2cc(C(=N)N[C@H]3C[C@@H](CN)C3)ccc2O1. The fourth-order valence-corrected chi connectivity index (χ4v) is 3.53. The number of aryl methyl sites for hydroxylation is 1. The minimum atomic E-state index is -1.60. The van der Waals surface area contributed by atoms with Crippen LogP contribution in [0, 0.1) is 11.3 Å². The van der Waals surface area contributed by atoms with Crippen molar-refractivity contribution in [1.82, 2.24) is 5.32 Å². The van der Waals surface area contributed by atoms with Crippen LogP contribution in [0.25, 0.3) is 0 Å². The minimum absolute atomic E-state index is 0.311. The van der Waals surface area contributed by atoms with E-state index in [9.17, 15) is 9.90 Å². The van der Waals surface area contributed by atoms with Crippen LogP contribution in [0.5, 0.6) is 5.75 Å². The van der Waals surface area contributed by atoms with Crippen molar-refractivity contribution >= 4 is 11.8 Å². The summed E-state index contributed by atoms with van der Waals surface area (Å²) in [6.07, 6.45) is 2.43. The predicted octanol–water partition coefficient (Wildman–Crippen LogP) is 0.766. The number of aliphatic carboxylic acids is 1. The van der Waals surface area contributed by atoms with Gasteiger partial charge in [-0.2, -0.15) is 0 Å². The predicted molar refractivity (Wildman–Crippen MR) is 96.0 cm³/mol. The van der Waals surface area contributed by atoms with Crippen LogP contribution >= 0.6 is 0 Å². The molecule has 142 valence electrons. The lowest BCUT2D eigenvalue weighted by molar-refractivity contribution is -0.179. The lowest BCUT2D eigenvalue weighted by atomic mass is 9.80. The molecule has 1 aliphatic heterocycles. The maximum Gasteiger partial charge on any atom is 0.341 e. The first-order valence-corrected chi connectivity index (χ1v) is 8.83. The number of hydrogen-bond donors (Lipinski definition) is 5. The van der Waals surface area contributed by atoms with E-state index in [2.05, 4.69) is 5.32 Å². The van der Waals surface area contributed by atoms with Crippen molar-refractivity contribution in [3.05, 3.63) is 29.3 Å². The first kappa shape index (κ1) is 18.6. The van der Waals surface area contributed by atoms with E-state index in [1.54, 1.807) is 12.1 Å². The van der Waals surface area contributed by atoms with Gasteiger partial charge in [0.2, 0.25) is 5.60 Å². The topological polar surface area (TPSA) is 144 Å². The normalized spacial score (nSPS) is 26.7. The third-order valence-electron chi connectivity index (χ3n) is 5.50. The maximum atomic E-state index is 11.5. The van der Waals surface area contributed by atoms with Gasteiger partial charge in [-0.1, -0.05) is 0 Å². The van der Waals surface area contributed by atoms with Crippen molar-refractivity contribution in [2.45, 2.75) is 50.4 Å². The van der Waals surface area contributed by atoms with E-state index in [1.807, 2.05) is 6.07 Å². The fourth-order valence-electron chi connectivity index (χ4n) is 3.53. The Morgan fingerprint density at radius 1 is 1.50 bits per heavy atom. The van der Waals surface area contributed by atoms with Gasteiger partial charge in [0.1, 0.15) is 17.7 Å². The number of ether oxygens (including phenoxy) is 1. The first-order chi connectivity index (χ1) is 12.4. The molecule has 0 amide bonds. The Kier molecular flexibility index (Phi) is 5.17. The second-order valence-electron chi connectivity index (χ2n) is 7.29. The molecule has 0 radical (unpaired) electrons. The summed E-state index contributed by atoms with van der Waals surface area (Å²) in [7, 11) is 0. The highest BCUT2D eigenvalue weighted by molar-refractivity contribution is 5.97. The molecule has 7 N–H and O–H groups in total. The van der Waals surface area contributed by atoms with E-state index in [0.717, 1.165) is 24.0 Å². The molecular formula is C18H26N4O4. The Balaban J connectivity index is 1.67. The van der Waals surface area contributed by atoms with Crippen LogP contribution in [-0.4, -0.2) is 41.2 Å². The largest absolute Gasteiger partial charge is 0.486 e. The lowest BCUT2D eigenvalue weighted by Crippen LogP contribution is -2.54. The van der Waals surface area contributed by atoms with Crippen LogP contribution in [0.2, 0.25) is 0 Å².